The minimum Gasteiger partial charge on any atom is -0.349 e. The van der Waals surface area contributed by atoms with Crippen molar-refractivity contribution >= 4 is 11.6 Å². The number of hydrogen-bond donors (Lipinski definition) is 1. The van der Waals surface area contributed by atoms with Crippen LogP contribution in [0.4, 0.5) is 0 Å². The molecule has 3 aromatic rings. The first-order valence-electron chi connectivity index (χ1n) is 9.55. The van der Waals surface area contributed by atoms with Crippen LogP contribution in [-0.4, -0.2) is 45.6 Å². The van der Waals surface area contributed by atoms with E-state index in [1.54, 1.807) is 0 Å². The highest BCUT2D eigenvalue weighted by atomic mass is 15.3. The standard InChI is InChI=1S/C21H26N6/c1-16-15-26(13-11-18(16)17-8-4-3-5-9-17)21(22-2)23-14-20-25-24-19-10-6-7-12-27(19)20/h3-10,12,16,18H,11,13-15H2,1-2H3,(H,22,23). The van der Waals surface area contributed by atoms with Gasteiger partial charge in [-0.1, -0.05) is 43.3 Å². The molecule has 3 heterocycles. The Labute approximate surface area is 159 Å². The van der Waals surface area contributed by atoms with Gasteiger partial charge in [-0.3, -0.25) is 9.39 Å². The lowest BCUT2D eigenvalue weighted by Crippen LogP contribution is -2.47. The fourth-order valence-electron chi connectivity index (χ4n) is 4.04. The van der Waals surface area contributed by atoms with E-state index in [0.29, 0.717) is 18.4 Å². The average Bonchev–Trinajstić information content (AvgIpc) is 3.12. The zero-order valence-electron chi connectivity index (χ0n) is 15.9. The Morgan fingerprint density at radius 1 is 1.15 bits per heavy atom. The third-order valence-corrected chi connectivity index (χ3v) is 5.43. The fourth-order valence-corrected chi connectivity index (χ4v) is 4.04. The van der Waals surface area contributed by atoms with Crippen LogP contribution in [0, 0.1) is 5.92 Å². The van der Waals surface area contributed by atoms with E-state index in [1.807, 2.05) is 35.8 Å². The van der Waals surface area contributed by atoms with Crippen molar-refractivity contribution in [1.82, 2.24) is 24.8 Å². The summed E-state index contributed by atoms with van der Waals surface area (Å²) in [5.74, 6) is 3.01. The zero-order chi connectivity index (χ0) is 18.6. The maximum atomic E-state index is 4.50. The first kappa shape index (κ1) is 17.5. The van der Waals surface area contributed by atoms with Gasteiger partial charge in [0.2, 0.25) is 0 Å². The van der Waals surface area contributed by atoms with Crippen molar-refractivity contribution < 1.29 is 0 Å². The molecule has 0 spiro atoms. The molecule has 27 heavy (non-hydrogen) atoms. The van der Waals surface area contributed by atoms with E-state index in [1.165, 1.54) is 5.56 Å². The predicted molar refractivity (Wildman–Crippen MR) is 108 cm³/mol. The van der Waals surface area contributed by atoms with E-state index in [0.717, 1.165) is 36.9 Å². The van der Waals surface area contributed by atoms with Crippen molar-refractivity contribution in [3.05, 3.63) is 66.1 Å². The van der Waals surface area contributed by atoms with Crippen LogP contribution in [-0.2, 0) is 6.54 Å². The van der Waals surface area contributed by atoms with Gasteiger partial charge in [-0.05, 0) is 36.0 Å². The van der Waals surface area contributed by atoms with Gasteiger partial charge in [0.25, 0.3) is 0 Å². The van der Waals surface area contributed by atoms with Gasteiger partial charge in [0.1, 0.15) is 0 Å². The van der Waals surface area contributed by atoms with Crippen molar-refractivity contribution in [2.24, 2.45) is 10.9 Å². The summed E-state index contributed by atoms with van der Waals surface area (Å²) in [5, 5.41) is 12.0. The third-order valence-electron chi connectivity index (χ3n) is 5.43. The zero-order valence-corrected chi connectivity index (χ0v) is 15.9. The summed E-state index contributed by atoms with van der Waals surface area (Å²) < 4.78 is 2.00. The number of aromatic nitrogens is 3. The van der Waals surface area contributed by atoms with E-state index in [9.17, 15) is 0 Å². The smallest absolute Gasteiger partial charge is 0.194 e. The molecule has 1 N–H and O–H groups in total. The molecule has 1 aromatic carbocycles. The minimum absolute atomic E-state index is 0.577. The fraction of sp³-hybridized carbons (Fsp3) is 0.381. The summed E-state index contributed by atoms with van der Waals surface area (Å²) in [4.78, 5) is 6.85. The molecule has 0 aliphatic carbocycles. The topological polar surface area (TPSA) is 57.8 Å². The number of pyridine rings is 1. The summed E-state index contributed by atoms with van der Waals surface area (Å²) in [5.41, 5.74) is 2.31. The first-order valence-corrected chi connectivity index (χ1v) is 9.55. The molecule has 0 saturated carbocycles. The van der Waals surface area contributed by atoms with Crippen molar-refractivity contribution in [3.8, 4) is 0 Å². The number of fused-ring (bicyclic) bond motifs is 1. The Morgan fingerprint density at radius 2 is 1.96 bits per heavy atom. The highest BCUT2D eigenvalue weighted by molar-refractivity contribution is 5.80. The molecule has 6 heteroatoms. The number of nitrogens with one attached hydrogen (secondary N) is 1. The highest BCUT2D eigenvalue weighted by Gasteiger charge is 2.28. The van der Waals surface area contributed by atoms with Crippen molar-refractivity contribution in [3.63, 3.8) is 0 Å². The van der Waals surface area contributed by atoms with Crippen LogP contribution in [0.5, 0.6) is 0 Å². The number of nitrogens with zero attached hydrogens (tertiary/aromatic N) is 5. The lowest BCUT2D eigenvalue weighted by Gasteiger charge is -2.38. The second kappa shape index (κ2) is 7.78. The summed E-state index contributed by atoms with van der Waals surface area (Å²) in [6.07, 6.45) is 3.13. The molecule has 4 rings (SSSR count). The molecular formula is C21H26N6. The Hall–Kier alpha value is -2.89. The second-order valence-corrected chi connectivity index (χ2v) is 7.17. The van der Waals surface area contributed by atoms with E-state index in [4.69, 9.17) is 0 Å². The van der Waals surface area contributed by atoms with Gasteiger partial charge in [-0.2, -0.15) is 0 Å². The third kappa shape index (κ3) is 3.65. The van der Waals surface area contributed by atoms with Crippen LogP contribution < -0.4 is 5.32 Å². The molecule has 0 radical (unpaired) electrons. The van der Waals surface area contributed by atoms with Crippen LogP contribution in [0.1, 0.15) is 30.7 Å². The molecule has 2 aromatic heterocycles. The Balaban J connectivity index is 1.40. The first-order chi connectivity index (χ1) is 13.3. The number of piperidine rings is 1. The van der Waals surface area contributed by atoms with E-state index >= 15 is 0 Å². The van der Waals surface area contributed by atoms with Crippen molar-refractivity contribution in [2.45, 2.75) is 25.8 Å². The van der Waals surface area contributed by atoms with E-state index < -0.39 is 0 Å². The number of guanidine groups is 1. The molecule has 6 nitrogen and oxygen atoms in total. The molecule has 0 amide bonds. The number of benzene rings is 1. The molecule has 1 saturated heterocycles. The minimum atomic E-state index is 0.577. The molecule has 1 aliphatic rings. The SMILES string of the molecule is CN=C(NCc1nnc2ccccn12)N1CCC(c2ccccc2)C(C)C1. The highest BCUT2D eigenvalue weighted by Crippen LogP contribution is 2.32. The number of aliphatic imine (C=N–C) groups is 1. The van der Waals surface area contributed by atoms with Gasteiger partial charge < -0.3 is 10.2 Å². The number of rotatable bonds is 3. The molecule has 1 fully saturated rings. The van der Waals surface area contributed by atoms with Gasteiger partial charge in [-0.15, -0.1) is 10.2 Å². The van der Waals surface area contributed by atoms with Crippen LogP contribution in [0.25, 0.3) is 5.65 Å². The van der Waals surface area contributed by atoms with Gasteiger partial charge in [0.15, 0.2) is 17.4 Å². The van der Waals surface area contributed by atoms with Gasteiger partial charge in [0, 0.05) is 26.3 Å². The Morgan fingerprint density at radius 3 is 2.74 bits per heavy atom. The van der Waals surface area contributed by atoms with Crippen molar-refractivity contribution in [2.75, 3.05) is 20.1 Å². The monoisotopic (exact) mass is 362 g/mol. The predicted octanol–water partition coefficient (Wildman–Crippen LogP) is 2.93. The lowest BCUT2D eigenvalue weighted by molar-refractivity contribution is 0.234. The molecule has 0 bridgehead atoms. The molecule has 1 aliphatic heterocycles. The van der Waals surface area contributed by atoms with Crippen LogP contribution in [0.15, 0.2) is 59.7 Å². The van der Waals surface area contributed by atoms with Gasteiger partial charge in [-0.25, -0.2) is 0 Å². The maximum Gasteiger partial charge on any atom is 0.194 e. The summed E-state index contributed by atoms with van der Waals surface area (Å²) in [7, 11) is 1.85. The lowest BCUT2D eigenvalue weighted by atomic mass is 9.82. The van der Waals surface area contributed by atoms with Crippen LogP contribution >= 0.6 is 0 Å². The summed E-state index contributed by atoms with van der Waals surface area (Å²) >= 11 is 0. The quantitative estimate of drug-likeness (QED) is 0.575. The van der Waals surface area contributed by atoms with Crippen LogP contribution in [0.2, 0.25) is 0 Å². The Kier molecular flexibility index (Phi) is 5.05. The van der Waals surface area contributed by atoms with E-state index in [2.05, 4.69) is 62.7 Å². The number of hydrogen-bond acceptors (Lipinski definition) is 3. The molecular weight excluding hydrogens is 336 g/mol. The molecule has 140 valence electrons. The summed E-state index contributed by atoms with van der Waals surface area (Å²) in [6.45, 7) is 4.94. The molecule has 2 unspecified atom stereocenters. The maximum absolute atomic E-state index is 4.50. The van der Waals surface area contributed by atoms with Crippen LogP contribution in [0.3, 0.4) is 0 Å². The van der Waals surface area contributed by atoms with E-state index in [-0.39, 0.29) is 0 Å². The van der Waals surface area contributed by atoms with Gasteiger partial charge in [0.05, 0.1) is 6.54 Å². The number of likely N-dealkylation sites (tertiary alicyclic amines) is 1. The summed E-state index contributed by atoms with van der Waals surface area (Å²) in [6, 6.07) is 16.8. The van der Waals surface area contributed by atoms with Crippen molar-refractivity contribution in [1.29, 1.82) is 0 Å². The normalized spacial score (nSPS) is 20.8. The molecule has 2 atom stereocenters. The Bertz CT molecular complexity index is 917. The largest absolute Gasteiger partial charge is 0.349 e. The average molecular weight is 362 g/mol. The second-order valence-electron chi connectivity index (χ2n) is 7.17. The van der Waals surface area contributed by atoms with Gasteiger partial charge >= 0.3 is 0 Å².